The minimum atomic E-state index is -0.328. The molecular weight excluding hydrogens is 364 g/mol. The van der Waals surface area contributed by atoms with Crippen LogP contribution in [0.2, 0.25) is 5.02 Å². The van der Waals surface area contributed by atoms with Gasteiger partial charge in [-0.3, -0.25) is 9.59 Å². The molecule has 2 N–H and O–H groups in total. The summed E-state index contributed by atoms with van der Waals surface area (Å²) in [4.78, 5) is 29.8. The molecule has 2 heterocycles. The second kappa shape index (κ2) is 9.04. The van der Waals surface area contributed by atoms with Gasteiger partial charge >= 0.3 is 0 Å². The monoisotopic (exact) mass is 388 g/mol. The Hall–Kier alpha value is -2.34. The van der Waals surface area contributed by atoms with Crippen molar-refractivity contribution in [3.05, 3.63) is 46.5 Å². The maximum Gasteiger partial charge on any atom is 0.291 e. The Kier molecular flexibility index (Phi) is 6.50. The molecule has 3 rings (SSSR count). The number of nitrogens with zero attached hydrogens (tertiary/aromatic N) is 2. The van der Waals surface area contributed by atoms with Crippen LogP contribution in [0.5, 0.6) is 0 Å². The Bertz CT molecular complexity index is 831. The number of hydrogen-bond acceptors (Lipinski definition) is 3. The third kappa shape index (κ3) is 4.69. The molecule has 0 unspecified atom stereocenters. The fraction of sp³-hybridized carbons (Fsp3) is 0.450. The van der Waals surface area contributed by atoms with E-state index >= 15 is 0 Å². The number of benzene rings is 1. The maximum absolute atomic E-state index is 12.8. The van der Waals surface area contributed by atoms with E-state index in [0.717, 1.165) is 44.2 Å². The first-order chi connectivity index (χ1) is 13.1. The molecule has 1 aliphatic heterocycles. The molecule has 0 saturated carbocycles. The zero-order valence-corrected chi connectivity index (χ0v) is 16.3. The van der Waals surface area contributed by atoms with Crippen LogP contribution in [0.15, 0.2) is 24.3 Å². The number of carbonyl (C=O) groups excluding carboxylic acids is 2. The summed E-state index contributed by atoms with van der Waals surface area (Å²) in [5.74, 6) is -0.243. The average molecular weight is 389 g/mol. The van der Waals surface area contributed by atoms with Crippen LogP contribution in [0.4, 0.5) is 5.69 Å². The Balaban J connectivity index is 1.80. The minimum Gasteiger partial charge on any atom is -0.351 e. The summed E-state index contributed by atoms with van der Waals surface area (Å²) in [5.41, 5.74) is 1.83. The lowest BCUT2D eigenvalue weighted by Crippen LogP contribution is -2.26. The van der Waals surface area contributed by atoms with Gasteiger partial charge in [-0.2, -0.15) is 0 Å². The smallest absolute Gasteiger partial charge is 0.291 e. The highest BCUT2D eigenvalue weighted by Gasteiger charge is 2.27. The number of unbranched alkanes of at least 4 members (excludes halogenated alkanes) is 2. The number of rotatable bonds is 7. The van der Waals surface area contributed by atoms with Crippen molar-refractivity contribution in [2.24, 2.45) is 0 Å². The van der Waals surface area contributed by atoms with Crippen molar-refractivity contribution in [2.45, 2.75) is 52.0 Å². The van der Waals surface area contributed by atoms with Gasteiger partial charge in [0.1, 0.15) is 5.69 Å². The highest BCUT2D eigenvalue weighted by Crippen LogP contribution is 2.22. The van der Waals surface area contributed by atoms with Gasteiger partial charge in [-0.25, -0.2) is 4.98 Å². The summed E-state index contributed by atoms with van der Waals surface area (Å²) in [7, 11) is 0. The predicted octanol–water partition coefficient (Wildman–Crippen LogP) is 4.05. The van der Waals surface area contributed by atoms with E-state index < -0.39 is 0 Å². The first kappa shape index (κ1) is 19.4. The van der Waals surface area contributed by atoms with Crippen molar-refractivity contribution in [1.82, 2.24) is 14.9 Å². The number of nitrogens with one attached hydrogen (secondary N) is 2. The summed E-state index contributed by atoms with van der Waals surface area (Å²) >= 11 is 5.98. The Morgan fingerprint density at radius 3 is 2.85 bits per heavy atom. The number of imidazole rings is 1. The van der Waals surface area contributed by atoms with Gasteiger partial charge in [-0.15, -0.1) is 0 Å². The van der Waals surface area contributed by atoms with Gasteiger partial charge in [-0.1, -0.05) is 37.4 Å². The average Bonchev–Trinajstić information content (AvgIpc) is 3.05. The van der Waals surface area contributed by atoms with Crippen molar-refractivity contribution in [2.75, 3.05) is 11.9 Å². The summed E-state index contributed by atoms with van der Waals surface area (Å²) < 4.78 is 1.88. The molecule has 2 aromatic rings. The van der Waals surface area contributed by atoms with Gasteiger partial charge in [0, 0.05) is 23.8 Å². The topological polar surface area (TPSA) is 76.0 Å². The molecule has 7 heteroatoms. The normalized spacial score (nSPS) is 13.1. The van der Waals surface area contributed by atoms with Crippen LogP contribution in [0.3, 0.4) is 0 Å². The fourth-order valence-corrected chi connectivity index (χ4v) is 3.50. The standard InChI is InChI=1S/C20H25ClN4O2/c1-2-3-5-11-22-19(26)17-16-10-4-6-12-25(16)18(24-17)20(27)23-15-9-7-8-14(21)13-15/h7-9,13H,2-6,10-12H2,1H3,(H,22,26)(H,23,27). The molecule has 0 saturated heterocycles. The van der Waals surface area contributed by atoms with Crippen molar-refractivity contribution in [3.63, 3.8) is 0 Å². The summed E-state index contributed by atoms with van der Waals surface area (Å²) in [5, 5.41) is 6.30. The van der Waals surface area contributed by atoms with Gasteiger partial charge in [-0.05, 0) is 43.9 Å². The minimum absolute atomic E-state index is 0.196. The van der Waals surface area contributed by atoms with Crippen molar-refractivity contribution in [3.8, 4) is 0 Å². The van der Waals surface area contributed by atoms with E-state index in [4.69, 9.17) is 11.6 Å². The Morgan fingerprint density at radius 2 is 2.07 bits per heavy atom. The van der Waals surface area contributed by atoms with E-state index in [0.29, 0.717) is 29.5 Å². The highest BCUT2D eigenvalue weighted by molar-refractivity contribution is 6.30. The zero-order valence-electron chi connectivity index (χ0n) is 15.6. The second-order valence-electron chi connectivity index (χ2n) is 6.77. The van der Waals surface area contributed by atoms with Gasteiger partial charge < -0.3 is 15.2 Å². The number of amides is 2. The fourth-order valence-electron chi connectivity index (χ4n) is 3.31. The molecule has 6 nitrogen and oxygen atoms in total. The number of carbonyl (C=O) groups is 2. The maximum atomic E-state index is 12.8. The largest absolute Gasteiger partial charge is 0.351 e. The highest BCUT2D eigenvalue weighted by atomic mass is 35.5. The molecule has 1 aromatic carbocycles. The van der Waals surface area contributed by atoms with Gasteiger partial charge in [0.15, 0.2) is 5.82 Å². The quantitative estimate of drug-likeness (QED) is 0.702. The van der Waals surface area contributed by atoms with Crippen molar-refractivity contribution < 1.29 is 9.59 Å². The van der Waals surface area contributed by atoms with Crippen LogP contribution in [0.25, 0.3) is 0 Å². The molecule has 27 heavy (non-hydrogen) atoms. The summed E-state index contributed by atoms with van der Waals surface area (Å²) in [6, 6.07) is 6.97. The molecule has 0 aliphatic carbocycles. The van der Waals surface area contributed by atoms with E-state index in [1.807, 2.05) is 4.57 Å². The second-order valence-corrected chi connectivity index (χ2v) is 7.20. The molecule has 0 fully saturated rings. The molecule has 2 amide bonds. The number of aromatic nitrogens is 2. The van der Waals surface area contributed by atoms with E-state index in [1.54, 1.807) is 24.3 Å². The third-order valence-corrected chi connectivity index (χ3v) is 4.92. The van der Waals surface area contributed by atoms with E-state index in [1.165, 1.54) is 0 Å². The summed E-state index contributed by atoms with van der Waals surface area (Å²) in [6.45, 7) is 3.45. The third-order valence-electron chi connectivity index (χ3n) is 4.68. The molecule has 0 bridgehead atoms. The van der Waals surface area contributed by atoms with Crippen LogP contribution in [0.1, 0.15) is 65.8 Å². The Morgan fingerprint density at radius 1 is 1.22 bits per heavy atom. The van der Waals surface area contributed by atoms with Crippen LogP contribution >= 0.6 is 11.6 Å². The van der Waals surface area contributed by atoms with Gasteiger partial charge in [0.25, 0.3) is 11.8 Å². The van der Waals surface area contributed by atoms with E-state index in [9.17, 15) is 9.59 Å². The first-order valence-corrected chi connectivity index (χ1v) is 9.92. The molecular formula is C20H25ClN4O2. The van der Waals surface area contributed by atoms with Crippen LogP contribution < -0.4 is 10.6 Å². The molecule has 0 spiro atoms. The van der Waals surface area contributed by atoms with Crippen LogP contribution in [-0.2, 0) is 13.0 Å². The number of fused-ring (bicyclic) bond motifs is 1. The zero-order chi connectivity index (χ0) is 19.2. The first-order valence-electron chi connectivity index (χ1n) is 9.54. The van der Waals surface area contributed by atoms with Gasteiger partial charge in [0.05, 0.1) is 5.69 Å². The lowest BCUT2D eigenvalue weighted by molar-refractivity contribution is 0.0947. The SMILES string of the molecule is CCCCCNC(=O)c1nc(C(=O)Nc2cccc(Cl)c2)n2c1CCCC2. The number of halogens is 1. The molecule has 1 aromatic heterocycles. The molecule has 1 aliphatic rings. The van der Waals surface area contributed by atoms with Crippen LogP contribution in [0, 0.1) is 0 Å². The van der Waals surface area contributed by atoms with E-state index in [-0.39, 0.29) is 17.6 Å². The van der Waals surface area contributed by atoms with Crippen LogP contribution in [-0.4, -0.2) is 27.9 Å². The predicted molar refractivity (Wildman–Crippen MR) is 106 cm³/mol. The Labute approximate surface area is 164 Å². The lowest BCUT2D eigenvalue weighted by Gasteiger charge is -2.17. The number of anilines is 1. The summed E-state index contributed by atoms with van der Waals surface area (Å²) in [6.07, 6.45) is 5.85. The van der Waals surface area contributed by atoms with Gasteiger partial charge in [0.2, 0.25) is 0 Å². The molecule has 0 radical (unpaired) electrons. The van der Waals surface area contributed by atoms with E-state index in [2.05, 4.69) is 22.5 Å². The molecule has 0 atom stereocenters. The molecule has 144 valence electrons. The van der Waals surface area contributed by atoms with Crippen molar-refractivity contribution >= 4 is 29.1 Å². The number of hydrogen-bond donors (Lipinski definition) is 2. The lowest BCUT2D eigenvalue weighted by atomic mass is 10.1. The van der Waals surface area contributed by atoms with Crippen molar-refractivity contribution in [1.29, 1.82) is 0 Å².